The third kappa shape index (κ3) is 5.41. The Morgan fingerprint density at radius 3 is 2.22 bits per heavy atom. The van der Waals surface area contributed by atoms with Crippen LogP contribution in [0.2, 0.25) is 0 Å². The lowest BCUT2D eigenvalue weighted by molar-refractivity contribution is 0.157. The van der Waals surface area contributed by atoms with Gasteiger partial charge in [-0.05, 0) is 92.7 Å². The number of hydrogen-bond donors (Lipinski definition) is 0. The molecule has 0 aromatic heterocycles. The van der Waals surface area contributed by atoms with Gasteiger partial charge < -0.3 is 0 Å². The largest absolute Gasteiger partial charge is 0.247 e. The number of nitrogens with zero attached hydrogens (tertiary/aromatic N) is 1. The molecule has 0 heterocycles. The lowest BCUT2D eigenvalue weighted by atomic mass is 9.68. The summed E-state index contributed by atoms with van der Waals surface area (Å²) in [6, 6.07) is 7.04. The molecule has 1 aromatic carbocycles. The Morgan fingerprint density at radius 2 is 1.63 bits per heavy atom. The van der Waals surface area contributed by atoms with Crippen LogP contribution in [0.4, 0.5) is 8.78 Å². The average Bonchev–Trinajstić information content (AvgIpc) is 2.72. The van der Waals surface area contributed by atoms with E-state index in [0.717, 1.165) is 42.6 Å². The monoisotopic (exact) mass is 371 g/mol. The summed E-state index contributed by atoms with van der Waals surface area (Å²) in [4.78, 5) is 0. The van der Waals surface area contributed by atoms with Gasteiger partial charge in [0.05, 0.1) is 5.56 Å². The number of allylic oxidation sites excluding steroid dienone is 2. The molecule has 2 aliphatic rings. The summed E-state index contributed by atoms with van der Waals surface area (Å²) in [6.45, 7) is -0.343. The van der Waals surface area contributed by atoms with Gasteiger partial charge in [0.2, 0.25) is 0 Å². The third-order valence-corrected chi connectivity index (χ3v) is 6.91. The first-order valence-electron chi connectivity index (χ1n) is 10.6. The van der Waals surface area contributed by atoms with Crippen molar-refractivity contribution in [3.63, 3.8) is 0 Å². The molecule has 1 nitrogen and oxygen atoms in total. The van der Waals surface area contributed by atoms with Gasteiger partial charge in [0.25, 0.3) is 0 Å². The van der Waals surface area contributed by atoms with Gasteiger partial charge in [-0.25, -0.2) is 8.78 Å². The first kappa shape index (κ1) is 20.1. The SMILES string of the molecule is N#Cc1ccc(C2CCC([C@H]3CC[C@H](CC/C=C/CF)CC3)CC2)cc1F. The fraction of sp³-hybridized carbons (Fsp3) is 0.625. The van der Waals surface area contributed by atoms with E-state index < -0.39 is 0 Å². The Bertz CT molecular complexity index is 659. The van der Waals surface area contributed by atoms with E-state index in [2.05, 4.69) is 0 Å². The Morgan fingerprint density at radius 1 is 0.963 bits per heavy atom. The highest BCUT2D eigenvalue weighted by Crippen LogP contribution is 2.44. The van der Waals surface area contributed by atoms with Crippen molar-refractivity contribution in [1.82, 2.24) is 0 Å². The zero-order valence-corrected chi connectivity index (χ0v) is 16.2. The van der Waals surface area contributed by atoms with Crippen LogP contribution < -0.4 is 0 Å². The highest BCUT2D eigenvalue weighted by atomic mass is 19.1. The maximum Gasteiger partial charge on any atom is 0.141 e. The van der Waals surface area contributed by atoms with Crippen molar-refractivity contribution in [1.29, 1.82) is 5.26 Å². The van der Waals surface area contributed by atoms with E-state index in [1.165, 1.54) is 44.9 Å². The molecule has 2 aliphatic carbocycles. The fourth-order valence-electron chi connectivity index (χ4n) is 5.26. The lowest BCUT2D eigenvalue weighted by Crippen LogP contribution is -2.25. The first-order valence-corrected chi connectivity index (χ1v) is 10.6. The molecule has 0 unspecified atom stereocenters. The lowest BCUT2D eigenvalue weighted by Gasteiger charge is -2.38. The van der Waals surface area contributed by atoms with E-state index in [-0.39, 0.29) is 18.1 Å². The highest BCUT2D eigenvalue weighted by molar-refractivity contribution is 5.34. The van der Waals surface area contributed by atoms with Gasteiger partial charge in [0, 0.05) is 0 Å². The van der Waals surface area contributed by atoms with Gasteiger partial charge in [-0.1, -0.05) is 31.1 Å². The van der Waals surface area contributed by atoms with Crippen LogP contribution in [-0.4, -0.2) is 6.67 Å². The van der Waals surface area contributed by atoms with Gasteiger partial charge in [0.1, 0.15) is 18.6 Å². The maximum atomic E-state index is 13.9. The second kappa shape index (κ2) is 10.0. The highest BCUT2D eigenvalue weighted by Gasteiger charge is 2.31. The molecule has 0 bridgehead atoms. The molecular formula is C24H31F2N. The standard InChI is InChI=1S/C24H31F2N/c25-15-3-1-2-4-18-5-7-19(8-6-18)20-9-11-21(12-10-20)22-13-14-23(17-27)24(26)16-22/h1,3,13-14,16,18-21H,2,4-12,15H2/b3-1+/t18-,19-,20?,21?. The van der Waals surface area contributed by atoms with Gasteiger partial charge in [-0.3, -0.25) is 0 Å². The molecule has 0 spiro atoms. The average molecular weight is 372 g/mol. The number of benzene rings is 1. The number of halogens is 2. The summed E-state index contributed by atoms with van der Waals surface area (Å²) >= 11 is 0. The van der Waals surface area contributed by atoms with Crippen molar-refractivity contribution >= 4 is 0 Å². The molecule has 1 aromatic rings. The van der Waals surface area contributed by atoms with E-state index in [9.17, 15) is 8.78 Å². The van der Waals surface area contributed by atoms with Crippen LogP contribution in [0.5, 0.6) is 0 Å². The Labute approximate surface area is 162 Å². The summed E-state index contributed by atoms with van der Waals surface area (Å²) < 4.78 is 26.0. The second-order valence-electron chi connectivity index (χ2n) is 8.45. The van der Waals surface area contributed by atoms with Crippen LogP contribution in [0.3, 0.4) is 0 Å². The maximum absolute atomic E-state index is 13.9. The summed E-state index contributed by atoms with van der Waals surface area (Å²) in [5.41, 5.74) is 1.21. The molecule has 0 aliphatic heterocycles. The number of alkyl halides is 1. The summed E-state index contributed by atoms with van der Waals surface area (Å²) in [6.07, 6.45) is 16.0. The van der Waals surface area contributed by atoms with Crippen molar-refractivity contribution < 1.29 is 8.78 Å². The topological polar surface area (TPSA) is 23.8 Å². The number of nitriles is 1. The minimum Gasteiger partial charge on any atom is -0.247 e. The van der Waals surface area contributed by atoms with Crippen molar-refractivity contribution in [3.05, 3.63) is 47.3 Å². The molecule has 0 saturated heterocycles. The summed E-state index contributed by atoms with van der Waals surface area (Å²) in [7, 11) is 0. The number of hydrogen-bond acceptors (Lipinski definition) is 1. The first-order chi connectivity index (χ1) is 13.2. The Balaban J connectivity index is 1.43. The zero-order valence-electron chi connectivity index (χ0n) is 16.2. The molecule has 146 valence electrons. The third-order valence-electron chi connectivity index (χ3n) is 6.91. The van der Waals surface area contributed by atoms with Crippen LogP contribution in [0.25, 0.3) is 0 Å². The van der Waals surface area contributed by atoms with E-state index in [1.807, 2.05) is 18.2 Å². The Hall–Kier alpha value is -1.69. The van der Waals surface area contributed by atoms with Crippen LogP contribution in [0, 0.1) is 34.9 Å². The van der Waals surface area contributed by atoms with Crippen LogP contribution >= 0.6 is 0 Å². The van der Waals surface area contributed by atoms with Crippen molar-refractivity contribution in [3.8, 4) is 6.07 Å². The van der Waals surface area contributed by atoms with Crippen LogP contribution in [-0.2, 0) is 0 Å². The minimum atomic E-state index is -0.378. The molecule has 0 amide bonds. The summed E-state index contributed by atoms with van der Waals surface area (Å²) in [5, 5.41) is 8.88. The van der Waals surface area contributed by atoms with E-state index in [4.69, 9.17) is 5.26 Å². The summed E-state index contributed by atoms with van der Waals surface area (Å²) in [5.74, 6) is 2.58. The minimum absolute atomic E-state index is 0.143. The molecule has 27 heavy (non-hydrogen) atoms. The molecular weight excluding hydrogens is 340 g/mol. The van der Waals surface area contributed by atoms with Crippen molar-refractivity contribution in [2.24, 2.45) is 17.8 Å². The van der Waals surface area contributed by atoms with E-state index in [1.54, 1.807) is 18.2 Å². The van der Waals surface area contributed by atoms with Gasteiger partial charge in [0.15, 0.2) is 0 Å². The predicted molar refractivity (Wildman–Crippen MR) is 106 cm³/mol. The van der Waals surface area contributed by atoms with Gasteiger partial charge in [-0.15, -0.1) is 0 Å². The van der Waals surface area contributed by atoms with E-state index in [0.29, 0.717) is 5.92 Å². The molecule has 0 radical (unpaired) electrons. The van der Waals surface area contributed by atoms with Crippen molar-refractivity contribution in [2.45, 2.75) is 70.1 Å². The fourth-order valence-corrected chi connectivity index (χ4v) is 5.26. The molecule has 3 rings (SSSR count). The quantitative estimate of drug-likeness (QED) is 0.490. The predicted octanol–water partition coefficient (Wildman–Crippen LogP) is 7.08. The Kier molecular flexibility index (Phi) is 7.44. The number of rotatable bonds is 6. The van der Waals surface area contributed by atoms with Crippen LogP contribution in [0.1, 0.15) is 81.3 Å². The second-order valence-corrected chi connectivity index (χ2v) is 8.45. The van der Waals surface area contributed by atoms with Gasteiger partial charge in [-0.2, -0.15) is 5.26 Å². The molecule has 0 N–H and O–H groups in total. The van der Waals surface area contributed by atoms with E-state index >= 15 is 0 Å². The zero-order chi connectivity index (χ0) is 19.1. The van der Waals surface area contributed by atoms with Crippen molar-refractivity contribution in [2.75, 3.05) is 6.67 Å². The van der Waals surface area contributed by atoms with Gasteiger partial charge >= 0.3 is 0 Å². The molecule has 3 heteroatoms. The van der Waals surface area contributed by atoms with Crippen LogP contribution in [0.15, 0.2) is 30.4 Å². The smallest absolute Gasteiger partial charge is 0.141 e. The molecule has 0 atom stereocenters. The molecule has 2 fully saturated rings. The normalized spacial score (nSPS) is 28.9. The molecule has 2 saturated carbocycles.